The molecule has 2 nitrogen and oxygen atoms in total. The van der Waals surface area contributed by atoms with Gasteiger partial charge in [-0.2, -0.15) is 0 Å². The predicted octanol–water partition coefficient (Wildman–Crippen LogP) is 2.18. The van der Waals surface area contributed by atoms with Gasteiger partial charge in [0.05, 0.1) is 0 Å². The van der Waals surface area contributed by atoms with E-state index in [0.717, 1.165) is 19.6 Å². The average molecular weight is 222 g/mol. The summed E-state index contributed by atoms with van der Waals surface area (Å²) >= 11 is 0. The van der Waals surface area contributed by atoms with Crippen LogP contribution in [0.1, 0.15) is 25.5 Å². The van der Waals surface area contributed by atoms with Crippen molar-refractivity contribution in [2.75, 3.05) is 19.6 Å². The van der Waals surface area contributed by atoms with Crippen LogP contribution in [0.2, 0.25) is 0 Å². The van der Waals surface area contributed by atoms with E-state index in [9.17, 15) is 4.39 Å². The Hall–Kier alpha value is -0.930. The zero-order chi connectivity index (χ0) is 11.5. The Bertz CT molecular complexity index is 336. The lowest BCUT2D eigenvalue weighted by molar-refractivity contribution is 0.158. The molecule has 0 aliphatic carbocycles. The van der Waals surface area contributed by atoms with Crippen molar-refractivity contribution >= 4 is 0 Å². The minimum atomic E-state index is -0.162. The summed E-state index contributed by atoms with van der Waals surface area (Å²) in [4.78, 5) is 2.44. The Labute approximate surface area is 96.5 Å². The lowest BCUT2D eigenvalue weighted by atomic mass is 10.1. The van der Waals surface area contributed by atoms with Crippen LogP contribution in [0.4, 0.5) is 4.39 Å². The summed E-state index contributed by atoms with van der Waals surface area (Å²) in [7, 11) is 0. The highest BCUT2D eigenvalue weighted by molar-refractivity contribution is 5.19. The first-order chi connectivity index (χ1) is 7.66. The van der Waals surface area contributed by atoms with Crippen molar-refractivity contribution < 1.29 is 4.39 Å². The molecule has 88 valence electrons. The Morgan fingerprint density at radius 3 is 2.69 bits per heavy atom. The third-order valence-electron chi connectivity index (χ3n) is 3.30. The first kappa shape index (κ1) is 11.6. The number of nitrogens with zero attached hydrogens (tertiary/aromatic N) is 1. The summed E-state index contributed by atoms with van der Waals surface area (Å²) in [5.74, 6) is -0.162. The Morgan fingerprint density at radius 2 is 2.06 bits per heavy atom. The topological polar surface area (TPSA) is 15.3 Å². The summed E-state index contributed by atoms with van der Waals surface area (Å²) in [6, 6.07) is 7.75. The number of benzene rings is 1. The molecular formula is C13H19FN2. The van der Waals surface area contributed by atoms with E-state index in [0.29, 0.717) is 12.1 Å². The van der Waals surface area contributed by atoms with Crippen LogP contribution in [0.25, 0.3) is 0 Å². The minimum absolute atomic E-state index is 0.162. The molecule has 1 aliphatic heterocycles. The van der Waals surface area contributed by atoms with Crippen LogP contribution < -0.4 is 5.32 Å². The monoisotopic (exact) mass is 222 g/mol. The zero-order valence-corrected chi connectivity index (χ0v) is 9.91. The number of hydrogen-bond donors (Lipinski definition) is 1. The summed E-state index contributed by atoms with van der Waals surface area (Å²) in [6.45, 7) is 7.53. The maximum absolute atomic E-state index is 12.8. The molecule has 0 spiro atoms. The first-order valence-corrected chi connectivity index (χ1v) is 5.89. The predicted molar refractivity (Wildman–Crippen MR) is 63.9 cm³/mol. The molecule has 2 atom stereocenters. The standard InChI is InChI=1S/C13H19FN2/c1-10-9-16(8-7-15-10)11(2)12-3-5-13(14)6-4-12/h3-6,10-11,15H,7-9H2,1-2H3/t10-,11+/m0/s1. The molecule has 0 bridgehead atoms. The third kappa shape index (κ3) is 2.60. The van der Waals surface area contributed by atoms with E-state index in [1.807, 2.05) is 12.1 Å². The Morgan fingerprint density at radius 1 is 1.38 bits per heavy atom. The highest BCUT2D eigenvalue weighted by Crippen LogP contribution is 2.21. The second kappa shape index (κ2) is 4.93. The summed E-state index contributed by atoms with van der Waals surface area (Å²) in [5.41, 5.74) is 1.19. The van der Waals surface area contributed by atoms with E-state index in [-0.39, 0.29) is 5.82 Å². The minimum Gasteiger partial charge on any atom is -0.312 e. The van der Waals surface area contributed by atoms with Crippen LogP contribution in [0.15, 0.2) is 24.3 Å². The van der Waals surface area contributed by atoms with E-state index in [4.69, 9.17) is 0 Å². The van der Waals surface area contributed by atoms with Gasteiger partial charge in [0.25, 0.3) is 0 Å². The largest absolute Gasteiger partial charge is 0.312 e. The van der Waals surface area contributed by atoms with E-state index < -0.39 is 0 Å². The van der Waals surface area contributed by atoms with Gasteiger partial charge in [-0.15, -0.1) is 0 Å². The van der Waals surface area contributed by atoms with Crippen LogP contribution in [0.3, 0.4) is 0 Å². The zero-order valence-electron chi connectivity index (χ0n) is 9.91. The number of piperazine rings is 1. The van der Waals surface area contributed by atoms with Crippen molar-refractivity contribution in [1.82, 2.24) is 10.2 Å². The van der Waals surface area contributed by atoms with Crippen molar-refractivity contribution in [3.05, 3.63) is 35.6 Å². The van der Waals surface area contributed by atoms with Crippen LogP contribution in [0.5, 0.6) is 0 Å². The van der Waals surface area contributed by atoms with E-state index in [2.05, 4.69) is 24.1 Å². The summed E-state index contributed by atoms with van der Waals surface area (Å²) in [6.07, 6.45) is 0. The lowest BCUT2D eigenvalue weighted by Gasteiger charge is -2.36. The lowest BCUT2D eigenvalue weighted by Crippen LogP contribution is -2.49. The molecule has 1 fully saturated rings. The maximum atomic E-state index is 12.8. The second-order valence-electron chi connectivity index (χ2n) is 4.58. The molecule has 1 saturated heterocycles. The fourth-order valence-corrected chi connectivity index (χ4v) is 2.27. The molecule has 0 aromatic heterocycles. The van der Waals surface area contributed by atoms with Gasteiger partial charge >= 0.3 is 0 Å². The Balaban J connectivity index is 2.06. The van der Waals surface area contributed by atoms with Crippen LogP contribution in [-0.4, -0.2) is 30.6 Å². The van der Waals surface area contributed by atoms with Gasteiger partial charge in [-0.1, -0.05) is 12.1 Å². The highest BCUT2D eigenvalue weighted by atomic mass is 19.1. The Kier molecular flexibility index (Phi) is 3.56. The van der Waals surface area contributed by atoms with Gasteiger partial charge in [-0.3, -0.25) is 4.90 Å². The van der Waals surface area contributed by atoms with Gasteiger partial charge in [-0.05, 0) is 31.5 Å². The smallest absolute Gasteiger partial charge is 0.123 e. The number of halogens is 1. The van der Waals surface area contributed by atoms with Crippen LogP contribution in [0, 0.1) is 5.82 Å². The molecule has 0 amide bonds. The van der Waals surface area contributed by atoms with Gasteiger partial charge in [0, 0.05) is 31.7 Å². The molecule has 0 radical (unpaired) electrons. The normalized spacial score (nSPS) is 24.3. The van der Waals surface area contributed by atoms with Crippen LogP contribution in [-0.2, 0) is 0 Å². The molecule has 0 unspecified atom stereocenters. The number of hydrogen-bond acceptors (Lipinski definition) is 2. The van der Waals surface area contributed by atoms with Crippen molar-refractivity contribution in [3.63, 3.8) is 0 Å². The van der Waals surface area contributed by atoms with E-state index in [1.54, 1.807) is 0 Å². The van der Waals surface area contributed by atoms with Crippen LogP contribution >= 0.6 is 0 Å². The van der Waals surface area contributed by atoms with Gasteiger partial charge in [0.1, 0.15) is 5.82 Å². The molecule has 16 heavy (non-hydrogen) atoms. The highest BCUT2D eigenvalue weighted by Gasteiger charge is 2.21. The van der Waals surface area contributed by atoms with Gasteiger partial charge in [0.15, 0.2) is 0 Å². The maximum Gasteiger partial charge on any atom is 0.123 e. The van der Waals surface area contributed by atoms with Crippen molar-refractivity contribution in [1.29, 1.82) is 0 Å². The van der Waals surface area contributed by atoms with Crippen molar-refractivity contribution in [2.24, 2.45) is 0 Å². The molecule has 1 N–H and O–H groups in total. The van der Waals surface area contributed by atoms with Crippen molar-refractivity contribution in [3.8, 4) is 0 Å². The van der Waals surface area contributed by atoms with Gasteiger partial charge in [-0.25, -0.2) is 4.39 Å². The molecule has 1 heterocycles. The molecule has 3 heteroatoms. The van der Waals surface area contributed by atoms with Gasteiger partial charge < -0.3 is 5.32 Å². The fraction of sp³-hybridized carbons (Fsp3) is 0.538. The molecule has 1 aliphatic rings. The van der Waals surface area contributed by atoms with E-state index in [1.165, 1.54) is 17.7 Å². The van der Waals surface area contributed by atoms with Gasteiger partial charge in [0.2, 0.25) is 0 Å². The molecule has 2 rings (SSSR count). The third-order valence-corrected chi connectivity index (χ3v) is 3.30. The number of rotatable bonds is 2. The molecular weight excluding hydrogens is 203 g/mol. The second-order valence-corrected chi connectivity index (χ2v) is 4.58. The molecule has 0 saturated carbocycles. The first-order valence-electron chi connectivity index (χ1n) is 5.89. The molecule has 1 aromatic rings. The average Bonchev–Trinajstić information content (AvgIpc) is 2.29. The molecule has 1 aromatic carbocycles. The summed E-state index contributed by atoms with van der Waals surface area (Å²) < 4.78 is 12.8. The SMILES string of the molecule is C[C@H](c1ccc(F)cc1)N1CCN[C@@H](C)C1. The summed E-state index contributed by atoms with van der Waals surface area (Å²) in [5, 5.41) is 3.43. The fourth-order valence-electron chi connectivity index (χ4n) is 2.27. The van der Waals surface area contributed by atoms with E-state index >= 15 is 0 Å². The van der Waals surface area contributed by atoms with Crippen molar-refractivity contribution in [2.45, 2.75) is 25.9 Å². The quantitative estimate of drug-likeness (QED) is 0.825. The number of nitrogens with one attached hydrogen (secondary N) is 1.